The highest BCUT2D eigenvalue weighted by Crippen LogP contribution is 2.42. The summed E-state index contributed by atoms with van der Waals surface area (Å²) in [5, 5.41) is 13.5. The zero-order chi connectivity index (χ0) is 27.3. The van der Waals surface area contributed by atoms with E-state index in [1.54, 1.807) is 51.1 Å². The second-order valence-electron chi connectivity index (χ2n) is 9.55. The fraction of sp³-hybridized carbons (Fsp3) is 0.385. The largest absolute Gasteiger partial charge is 0.481 e. The Kier molecular flexibility index (Phi) is 8.80. The van der Waals surface area contributed by atoms with Gasteiger partial charge in [-0.3, -0.25) is 9.59 Å². The SMILES string of the molecule is C[C@H](C(=O)O)c1cccc(NC(=O)NCC(=O)N2[C@@H](c3ccccc3F)SC[C@H]2C(=O)OC(C)(C)C)c1. The van der Waals surface area contributed by atoms with Gasteiger partial charge in [0.1, 0.15) is 22.8 Å². The first-order chi connectivity index (χ1) is 17.4. The number of ether oxygens (including phenoxy) is 1. The van der Waals surface area contributed by atoms with Crippen molar-refractivity contribution in [3.05, 3.63) is 65.5 Å². The van der Waals surface area contributed by atoms with Gasteiger partial charge in [-0.25, -0.2) is 14.0 Å². The number of carbonyl (C=O) groups is 4. The highest BCUT2D eigenvalue weighted by Gasteiger charge is 2.44. The number of anilines is 1. The van der Waals surface area contributed by atoms with Crippen molar-refractivity contribution in [2.45, 2.75) is 50.6 Å². The molecule has 37 heavy (non-hydrogen) atoms. The van der Waals surface area contributed by atoms with E-state index in [0.717, 1.165) is 0 Å². The van der Waals surface area contributed by atoms with Gasteiger partial charge in [0, 0.05) is 17.0 Å². The van der Waals surface area contributed by atoms with Crippen molar-refractivity contribution in [1.82, 2.24) is 10.2 Å². The Bertz CT molecular complexity index is 1180. The minimum Gasteiger partial charge on any atom is -0.481 e. The lowest BCUT2D eigenvalue weighted by atomic mass is 10.0. The predicted molar refractivity (Wildman–Crippen MR) is 138 cm³/mol. The molecule has 3 atom stereocenters. The lowest BCUT2D eigenvalue weighted by Crippen LogP contribution is -2.49. The average Bonchev–Trinajstić information content (AvgIpc) is 3.26. The van der Waals surface area contributed by atoms with Crippen LogP contribution in [0.2, 0.25) is 0 Å². The average molecular weight is 532 g/mol. The van der Waals surface area contributed by atoms with Crippen LogP contribution in [0.5, 0.6) is 0 Å². The summed E-state index contributed by atoms with van der Waals surface area (Å²) in [6.45, 7) is 6.21. The number of nitrogens with zero attached hydrogens (tertiary/aromatic N) is 1. The van der Waals surface area contributed by atoms with Crippen molar-refractivity contribution < 1.29 is 33.4 Å². The van der Waals surface area contributed by atoms with E-state index in [0.29, 0.717) is 11.3 Å². The van der Waals surface area contributed by atoms with Crippen molar-refractivity contribution in [3.8, 4) is 0 Å². The summed E-state index contributed by atoms with van der Waals surface area (Å²) < 4.78 is 20.1. The Morgan fingerprint density at radius 3 is 2.51 bits per heavy atom. The third kappa shape index (κ3) is 7.22. The van der Waals surface area contributed by atoms with Crippen molar-refractivity contribution in [2.24, 2.45) is 0 Å². The van der Waals surface area contributed by atoms with Gasteiger partial charge in [0.05, 0.1) is 12.5 Å². The van der Waals surface area contributed by atoms with Gasteiger partial charge in [0.15, 0.2) is 0 Å². The number of halogens is 1. The van der Waals surface area contributed by atoms with Gasteiger partial charge >= 0.3 is 18.0 Å². The fourth-order valence-corrected chi connectivity index (χ4v) is 5.19. The molecule has 0 aromatic heterocycles. The van der Waals surface area contributed by atoms with Crippen molar-refractivity contribution in [3.63, 3.8) is 0 Å². The number of nitrogens with one attached hydrogen (secondary N) is 2. The summed E-state index contributed by atoms with van der Waals surface area (Å²) in [5.74, 6) is -3.26. The van der Waals surface area contributed by atoms with Crippen molar-refractivity contribution in [2.75, 3.05) is 17.6 Å². The maximum absolute atomic E-state index is 14.6. The van der Waals surface area contributed by atoms with E-state index in [2.05, 4.69) is 10.6 Å². The molecule has 3 amide bonds. The maximum Gasteiger partial charge on any atom is 0.330 e. The summed E-state index contributed by atoms with van der Waals surface area (Å²) in [5.41, 5.74) is 0.324. The molecule has 1 heterocycles. The number of hydrogen-bond acceptors (Lipinski definition) is 6. The molecule has 0 bridgehead atoms. The van der Waals surface area contributed by atoms with Crippen LogP contribution in [0, 0.1) is 5.82 Å². The number of hydrogen-bond donors (Lipinski definition) is 3. The van der Waals surface area contributed by atoms with Crippen LogP contribution in [0.25, 0.3) is 0 Å². The molecule has 0 saturated carbocycles. The van der Waals surface area contributed by atoms with Crippen LogP contribution < -0.4 is 10.6 Å². The molecule has 1 fully saturated rings. The molecule has 1 aliphatic rings. The second kappa shape index (κ2) is 11.6. The summed E-state index contributed by atoms with van der Waals surface area (Å²) in [4.78, 5) is 51.1. The van der Waals surface area contributed by atoms with E-state index in [1.165, 1.54) is 41.8 Å². The number of benzene rings is 2. The number of aliphatic carboxylic acids is 1. The van der Waals surface area contributed by atoms with Crippen molar-refractivity contribution >= 4 is 41.3 Å². The smallest absolute Gasteiger partial charge is 0.330 e. The van der Waals surface area contributed by atoms with Crippen LogP contribution in [-0.4, -0.2) is 57.8 Å². The molecule has 2 aromatic carbocycles. The molecular formula is C26H30FN3O6S. The maximum atomic E-state index is 14.6. The first-order valence-electron chi connectivity index (χ1n) is 11.6. The number of carbonyl (C=O) groups excluding carboxylic acids is 3. The molecular weight excluding hydrogens is 501 g/mol. The molecule has 0 unspecified atom stereocenters. The Morgan fingerprint density at radius 2 is 1.86 bits per heavy atom. The molecule has 11 heteroatoms. The lowest BCUT2D eigenvalue weighted by Gasteiger charge is -2.30. The lowest BCUT2D eigenvalue weighted by molar-refractivity contribution is -0.163. The summed E-state index contributed by atoms with van der Waals surface area (Å²) >= 11 is 1.24. The van der Waals surface area contributed by atoms with Gasteiger partial charge in [0.2, 0.25) is 5.91 Å². The number of amides is 3. The fourth-order valence-electron chi connectivity index (χ4n) is 3.73. The van der Waals surface area contributed by atoms with Crippen LogP contribution in [-0.2, 0) is 19.1 Å². The van der Waals surface area contributed by atoms with Gasteiger partial charge in [0.25, 0.3) is 0 Å². The van der Waals surface area contributed by atoms with Gasteiger partial charge in [-0.2, -0.15) is 0 Å². The Labute approximate surface area is 218 Å². The number of carboxylic acids is 1. The molecule has 2 aromatic rings. The molecule has 3 rings (SSSR count). The first-order valence-corrected chi connectivity index (χ1v) is 12.7. The van der Waals surface area contributed by atoms with E-state index in [4.69, 9.17) is 4.74 Å². The monoisotopic (exact) mass is 531 g/mol. The summed E-state index contributed by atoms with van der Waals surface area (Å²) in [6.07, 6.45) is 0. The standard InChI is InChI=1S/C26H30FN3O6S/c1-15(23(32)33)16-8-7-9-17(12-16)29-25(35)28-13-21(31)30-20(24(34)36-26(2,3)4)14-37-22(30)18-10-5-6-11-19(18)27/h5-12,15,20,22H,13-14H2,1-4H3,(H,32,33)(H2,28,29,35)/t15-,20-,22+/m0/s1. The zero-order valence-corrected chi connectivity index (χ0v) is 21.8. The normalized spacial score (nSPS) is 18.1. The number of rotatable bonds is 7. The second-order valence-corrected chi connectivity index (χ2v) is 10.7. The van der Waals surface area contributed by atoms with Crippen molar-refractivity contribution in [1.29, 1.82) is 0 Å². The Hall–Kier alpha value is -3.60. The van der Waals surface area contributed by atoms with Gasteiger partial charge < -0.3 is 25.4 Å². The molecule has 3 N–H and O–H groups in total. The first kappa shape index (κ1) is 28.0. The summed E-state index contributed by atoms with van der Waals surface area (Å²) in [7, 11) is 0. The molecule has 1 saturated heterocycles. The Balaban J connectivity index is 1.73. The number of urea groups is 1. The van der Waals surface area contributed by atoms with E-state index in [1.807, 2.05) is 0 Å². The molecule has 0 aliphatic carbocycles. The molecule has 9 nitrogen and oxygen atoms in total. The van der Waals surface area contributed by atoms with Gasteiger partial charge in [-0.05, 0) is 51.5 Å². The topological polar surface area (TPSA) is 125 Å². The van der Waals surface area contributed by atoms with E-state index >= 15 is 0 Å². The predicted octanol–water partition coefficient (Wildman–Crippen LogP) is 4.12. The Morgan fingerprint density at radius 1 is 1.16 bits per heavy atom. The van der Waals surface area contributed by atoms with Crippen LogP contribution in [0.15, 0.2) is 48.5 Å². The third-order valence-electron chi connectivity index (χ3n) is 5.55. The van der Waals surface area contributed by atoms with Crippen LogP contribution >= 0.6 is 11.8 Å². The van der Waals surface area contributed by atoms with Gasteiger partial charge in [-0.1, -0.05) is 30.3 Å². The van der Waals surface area contributed by atoms with Crippen LogP contribution in [0.3, 0.4) is 0 Å². The molecule has 198 valence electrons. The van der Waals surface area contributed by atoms with E-state index < -0.39 is 59.2 Å². The highest BCUT2D eigenvalue weighted by molar-refractivity contribution is 7.99. The van der Waals surface area contributed by atoms with E-state index in [9.17, 15) is 28.7 Å². The minimum atomic E-state index is -1.00. The zero-order valence-electron chi connectivity index (χ0n) is 21.0. The quantitative estimate of drug-likeness (QED) is 0.459. The van der Waals surface area contributed by atoms with Crippen LogP contribution in [0.4, 0.5) is 14.9 Å². The highest BCUT2D eigenvalue weighted by atomic mass is 32.2. The van der Waals surface area contributed by atoms with Crippen LogP contribution in [0.1, 0.15) is 50.1 Å². The third-order valence-corrected chi connectivity index (χ3v) is 6.86. The molecule has 1 aliphatic heterocycles. The van der Waals surface area contributed by atoms with E-state index in [-0.39, 0.29) is 11.3 Å². The number of carboxylic acid groups (broad SMARTS) is 1. The number of esters is 1. The molecule has 0 radical (unpaired) electrons. The number of thioether (sulfide) groups is 1. The van der Waals surface area contributed by atoms with Gasteiger partial charge in [-0.15, -0.1) is 11.8 Å². The molecule has 0 spiro atoms. The summed E-state index contributed by atoms with van der Waals surface area (Å²) in [6, 6.07) is 10.7. The minimum absolute atomic E-state index is 0.209.